The van der Waals surface area contributed by atoms with E-state index in [0.717, 1.165) is 0 Å². The third-order valence-corrected chi connectivity index (χ3v) is 12.6. The number of ketones is 1. The van der Waals surface area contributed by atoms with Gasteiger partial charge in [0.2, 0.25) is 5.78 Å². The Morgan fingerprint density at radius 1 is 1.18 bits per heavy atom. The molecule has 0 amide bonds. The lowest BCUT2D eigenvalue weighted by Crippen LogP contribution is -2.45. The predicted molar refractivity (Wildman–Crippen MR) is 168 cm³/mol. The number of hydrogen-bond acceptors (Lipinski definition) is 7. The number of hydrazine groups is 1. The lowest BCUT2D eigenvalue weighted by Gasteiger charge is -2.37. The molecule has 236 valence electrons. The Bertz CT molecular complexity index is 1570. The second kappa shape index (κ2) is 14.0. The van der Waals surface area contributed by atoms with Crippen molar-refractivity contribution in [2.24, 2.45) is 0 Å². The molecule has 0 N–H and O–H groups in total. The summed E-state index contributed by atoms with van der Waals surface area (Å²) in [6, 6.07) is 9.50. The summed E-state index contributed by atoms with van der Waals surface area (Å²) in [4.78, 5) is 34.1. The number of alkyl halides is 2. The summed E-state index contributed by atoms with van der Waals surface area (Å²) >= 11 is 3.20. The number of benzene rings is 2. The molecule has 3 aromatic rings. The van der Waals surface area contributed by atoms with Crippen LogP contribution in [-0.2, 0) is 4.43 Å². The number of hydrogen-bond donors (Lipinski definition) is 0. The summed E-state index contributed by atoms with van der Waals surface area (Å²) in [5.74, 6) is -1.91. The summed E-state index contributed by atoms with van der Waals surface area (Å²) < 4.78 is 52.9. The van der Waals surface area contributed by atoms with Gasteiger partial charge in [-0.2, -0.15) is 8.78 Å². The van der Waals surface area contributed by atoms with Crippen LogP contribution < -0.4 is 9.75 Å². The first kappa shape index (κ1) is 34.9. The van der Waals surface area contributed by atoms with Crippen molar-refractivity contribution in [2.75, 3.05) is 5.01 Å². The Balaban J connectivity index is 2.08. The number of aromatic nitrogens is 2. The van der Waals surface area contributed by atoms with Crippen molar-refractivity contribution in [1.29, 1.82) is 0 Å². The molecule has 0 spiro atoms. The van der Waals surface area contributed by atoms with E-state index in [1.807, 2.05) is 33.9 Å². The van der Waals surface area contributed by atoms with Gasteiger partial charge >= 0.3 is 6.61 Å². The number of nitrogens with zero attached hydrogens (tertiary/aromatic N) is 4. The number of allylic oxidation sites excluding steroid dienone is 1. The third-order valence-electron chi connectivity index (χ3n) is 7.25. The van der Waals surface area contributed by atoms with Gasteiger partial charge in [-0.15, -0.1) is 0 Å². The van der Waals surface area contributed by atoms with E-state index in [2.05, 4.69) is 30.6 Å². The molecule has 0 bridgehead atoms. The maximum atomic E-state index is 16.2. The number of Topliss-reactive ketones (excluding diaryl/α,β-unsaturated/α-hetero) is 1. The summed E-state index contributed by atoms with van der Waals surface area (Å²) in [6.45, 7) is 10.4. The molecule has 0 aliphatic carbocycles. The predicted octanol–water partition coefficient (Wildman–Crippen LogP) is 8.69. The molecule has 0 radical (unpaired) electrons. The van der Waals surface area contributed by atoms with Crippen molar-refractivity contribution in [3.8, 4) is 17.0 Å². The lowest BCUT2D eigenvalue weighted by atomic mass is 10.1. The fourth-order valence-electron chi connectivity index (χ4n) is 4.07. The number of halogens is 4. The first-order chi connectivity index (χ1) is 20.5. The Morgan fingerprint density at radius 3 is 2.43 bits per heavy atom. The Kier molecular flexibility index (Phi) is 11.1. The van der Waals surface area contributed by atoms with Crippen molar-refractivity contribution in [3.05, 3.63) is 86.5 Å². The molecule has 0 fully saturated rings. The number of carbonyl (C=O) groups is 1. The molecule has 0 aliphatic rings. The Hall–Kier alpha value is -3.62. The molecule has 0 saturated heterocycles. The third kappa shape index (κ3) is 7.71. The summed E-state index contributed by atoms with van der Waals surface area (Å²) in [5.41, 5.74) is -0.499. The van der Waals surface area contributed by atoms with Crippen LogP contribution in [0.2, 0.25) is 18.1 Å². The number of ether oxygens (including phenoxy) is 1. The highest BCUT2D eigenvalue weighted by Gasteiger charge is 2.40. The molecule has 14 heteroatoms. The SMILES string of the molecule is CCC=C(c1cccc(OC(F)F)c1Br)N(c1cccc(-c2ccnc(C(=O)[C@@H](C)O[Si](C)(C)C(C)(C)C)n2)c1F)[N+](=O)[O-]. The van der Waals surface area contributed by atoms with E-state index in [-0.39, 0.29) is 43.6 Å². The second-order valence-electron chi connectivity index (χ2n) is 11.3. The fraction of sp³-hybridized carbons (Fsp3) is 0.367. The Labute approximate surface area is 263 Å². The topological polar surface area (TPSA) is 108 Å². The summed E-state index contributed by atoms with van der Waals surface area (Å²) in [5, 5.41) is 12.0. The minimum Gasteiger partial charge on any atom is -0.434 e. The van der Waals surface area contributed by atoms with Crippen LogP contribution in [0.1, 0.15) is 57.2 Å². The monoisotopic (exact) mass is 694 g/mol. The van der Waals surface area contributed by atoms with Gasteiger partial charge in [-0.05, 0) is 71.7 Å². The van der Waals surface area contributed by atoms with Gasteiger partial charge in [0.25, 0.3) is 0 Å². The number of rotatable bonds is 12. The molecule has 9 nitrogen and oxygen atoms in total. The fourth-order valence-corrected chi connectivity index (χ4v) is 5.97. The molecule has 2 aromatic carbocycles. The van der Waals surface area contributed by atoms with Crippen molar-refractivity contribution in [1.82, 2.24) is 9.97 Å². The zero-order valence-electron chi connectivity index (χ0n) is 25.4. The van der Waals surface area contributed by atoms with E-state index in [0.29, 0.717) is 11.4 Å². The van der Waals surface area contributed by atoms with E-state index in [9.17, 15) is 23.7 Å². The van der Waals surface area contributed by atoms with Crippen molar-refractivity contribution >= 4 is 41.4 Å². The highest BCUT2D eigenvalue weighted by atomic mass is 79.9. The van der Waals surface area contributed by atoms with Crippen LogP contribution in [0.3, 0.4) is 0 Å². The number of nitro groups is 1. The zero-order valence-corrected chi connectivity index (χ0v) is 28.0. The first-order valence-corrected chi connectivity index (χ1v) is 17.4. The summed E-state index contributed by atoms with van der Waals surface area (Å²) in [6.07, 6.45) is 2.21. The molecule has 0 aliphatic heterocycles. The van der Waals surface area contributed by atoms with E-state index in [1.54, 1.807) is 13.8 Å². The first-order valence-electron chi connectivity index (χ1n) is 13.7. The molecule has 1 atom stereocenters. The average Bonchev–Trinajstić information content (AvgIpc) is 2.93. The molecule has 1 aromatic heterocycles. The molecule has 1 heterocycles. The van der Waals surface area contributed by atoms with Gasteiger partial charge in [0.1, 0.15) is 23.2 Å². The van der Waals surface area contributed by atoms with E-state index in [1.165, 1.54) is 54.7 Å². The standard InChI is InChI=1S/C30H34BrF3N4O5Si/c1-8-11-22(20-13-10-15-24(25(20)31)42-29(33)34)37(38(40)41)23-14-9-12-19(26(23)32)21-16-17-35-28(36-21)27(39)18(2)43-44(6,7)30(3,4)5/h9-18,29H,8H2,1-7H3/t18-/m1/s1. The molecule has 0 unspecified atom stereocenters. The smallest absolute Gasteiger partial charge is 0.387 e. The van der Waals surface area contributed by atoms with Crippen molar-refractivity contribution < 1.29 is 32.2 Å². The van der Waals surface area contributed by atoms with E-state index in [4.69, 9.17) is 4.43 Å². The van der Waals surface area contributed by atoms with Gasteiger partial charge in [-0.3, -0.25) is 4.79 Å². The minimum atomic E-state index is -3.13. The van der Waals surface area contributed by atoms with Crippen LogP contribution in [0.15, 0.2) is 59.2 Å². The number of anilines is 1. The normalized spacial score (nSPS) is 13.1. The quantitative estimate of drug-likeness (QED) is 0.0802. The maximum absolute atomic E-state index is 16.2. The minimum absolute atomic E-state index is 0.0244. The molecular weight excluding hydrogens is 661 g/mol. The van der Waals surface area contributed by atoms with Crippen LogP contribution in [0.5, 0.6) is 5.75 Å². The molecule has 3 rings (SSSR count). The highest BCUT2D eigenvalue weighted by molar-refractivity contribution is 9.10. The highest BCUT2D eigenvalue weighted by Crippen LogP contribution is 2.40. The van der Waals surface area contributed by atoms with Crippen LogP contribution in [0.25, 0.3) is 17.0 Å². The number of carbonyl (C=O) groups excluding carboxylic acids is 1. The summed E-state index contributed by atoms with van der Waals surface area (Å²) in [7, 11) is -2.30. The molecular formula is C30H34BrF3N4O5Si. The van der Waals surface area contributed by atoms with E-state index < -0.39 is 43.4 Å². The average molecular weight is 696 g/mol. The van der Waals surface area contributed by atoms with Crippen LogP contribution in [-0.4, -0.2) is 41.8 Å². The van der Waals surface area contributed by atoms with Crippen LogP contribution >= 0.6 is 15.9 Å². The lowest BCUT2D eigenvalue weighted by molar-refractivity contribution is -0.482. The van der Waals surface area contributed by atoms with Gasteiger partial charge in [0, 0.05) is 17.3 Å². The van der Waals surface area contributed by atoms with E-state index >= 15 is 4.39 Å². The van der Waals surface area contributed by atoms with Gasteiger partial charge in [-0.25, -0.2) is 24.5 Å². The second-order valence-corrected chi connectivity index (χ2v) is 16.9. The van der Waals surface area contributed by atoms with Gasteiger partial charge in [0.05, 0.1) is 10.2 Å². The molecule has 44 heavy (non-hydrogen) atoms. The van der Waals surface area contributed by atoms with Crippen molar-refractivity contribution in [3.63, 3.8) is 0 Å². The van der Waals surface area contributed by atoms with Gasteiger partial charge < -0.3 is 9.16 Å². The van der Waals surface area contributed by atoms with Crippen LogP contribution in [0.4, 0.5) is 18.9 Å². The Morgan fingerprint density at radius 2 is 1.84 bits per heavy atom. The van der Waals surface area contributed by atoms with Crippen LogP contribution in [0, 0.1) is 15.9 Å². The van der Waals surface area contributed by atoms with Gasteiger partial charge in [0.15, 0.2) is 25.0 Å². The molecule has 0 saturated carbocycles. The maximum Gasteiger partial charge on any atom is 0.387 e. The zero-order chi connectivity index (χ0) is 33.0. The van der Waals surface area contributed by atoms with Gasteiger partial charge in [-0.1, -0.05) is 57.0 Å². The van der Waals surface area contributed by atoms with Crippen molar-refractivity contribution in [2.45, 2.75) is 71.9 Å². The largest absolute Gasteiger partial charge is 0.434 e.